The van der Waals surface area contributed by atoms with Gasteiger partial charge in [-0.3, -0.25) is 0 Å². The van der Waals surface area contributed by atoms with Crippen molar-refractivity contribution in [3.05, 3.63) is 58.1 Å². The largest absolute Gasteiger partial charge is 0.495 e. The van der Waals surface area contributed by atoms with Gasteiger partial charge in [-0.15, -0.1) is 0 Å². The number of nitriles is 1. The highest BCUT2D eigenvalue weighted by Gasteiger charge is 2.12. The first kappa shape index (κ1) is 14.5. The normalized spacial score (nSPS) is 11.5. The lowest BCUT2D eigenvalue weighted by Crippen LogP contribution is -2.08. The second-order valence-corrected chi connectivity index (χ2v) is 4.95. The van der Waals surface area contributed by atoms with Crippen molar-refractivity contribution >= 4 is 28.9 Å². The zero-order chi connectivity index (χ0) is 14.5. The average molecular weight is 307 g/mol. The number of hydrogen-bond donors (Lipinski definition) is 1. The van der Waals surface area contributed by atoms with E-state index in [4.69, 9.17) is 27.9 Å². The Bertz CT molecular complexity index is 653. The maximum atomic E-state index is 9.31. The summed E-state index contributed by atoms with van der Waals surface area (Å²) < 4.78 is 5.09. The highest BCUT2D eigenvalue weighted by atomic mass is 35.5. The van der Waals surface area contributed by atoms with Gasteiger partial charge in [0, 0.05) is 10.7 Å². The number of halogens is 2. The smallest absolute Gasteiger partial charge is 0.140 e. The zero-order valence-corrected chi connectivity index (χ0v) is 12.2. The number of nitrogens with zero attached hydrogens (tertiary/aromatic N) is 1. The van der Waals surface area contributed by atoms with Crippen molar-refractivity contribution in [1.29, 1.82) is 5.26 Å². The first-order chi connectivity index (χ1) is 9.63. The molecule has 0 saturated heterocycles. The van der Waals surface area contributed by atoms with Crippen molar-refractivity contribution < 1.29 is 4.74 Å². The van der Waals surface area contributed by atoms with E-state index in [1.807, 2.05) is 12.1 Å². The molecule has 0 bridgehead atoms. The Morgan fingerprint density at radius 1 is 1.20 bits per heavy atom. The summed E-state index contributed by atoms with van der Waals surface area (Å²) in [6, 6.07) is 14.1. The molecule has 0 heterocycles. The first-order valence-corrected chi connectivity index (χ1v) is 6.65. The van der Waals surface area contributed by atoms with Crippen LogP contribution in [0.3, 0.4) is 0 Å². The molecule has 0 aliphatic heterocycles. The molecule has 2 rings (SSSR count). The van der Waals surface area contributed by atoms with Crippen LogP contribution in [0.2, 0.25) is 10.0 Å². The minimum atomic E-state index is -0.517. The second-order valence-electron chi connectivity index (χ2n) is 4.11. The average Bonchev–Trinajstić information content (AvgIpc) is 2.44. The van der Waals surface area contributed by atoms with Crippen LogP contribution < -0.4 is 10.1 Å². The third-order valence-corrected chi connectivity index (χ3v) is 3.30. The Morgan fingerprint density at radius 3 is 2.60 bits per heavy atom. The predicted molar refractivity (Wildman–Crippen MR) is 81.4 cm³/mol. The van der Waals surface area contributed by atoms with Crippen molar-refractivity contribution in [1.82, 2.24) is 0 Å². The first-order valence-electron chi connectivity index (χ1n) is 5.89. The molecule has 0 radical (unpaired) electrons. The van der Waals surface area contributed by atoms with Crippen molar-refractivity contribution in [2.24, 2.45) is 0 Å². The second kappa shape index (κ2) is 6.51. The van der Waals surface area contributed by atoms with Gasteiger partial charge >= 0.3 is 0 Å². The van der Waals surface area contributed by atoms with Crippen LogP contribution in [0.5, 0.6) is 5.75 Å². The number of benzene rings is 2. The lowest BCUT2D eigenvalue weighted by Gasteiger charge is -2.14. The lowest BCUT2D eigenvalue weighted by atomic mass is 10.1. The van der Waals surface area contributed by atoms with Crippen LogP contribution in [0.1, 0.15) is 11.6 Å². The Morgan fingerprint density at radius 2 is 2.00 bits per heavy atom. The summed E-state index contributed by atoms with van der Waals surface area (Å²) in [5, 5.41) is 13.5. The molecule has 3 nitrogen and oxygen atoms in total. The summed E-state index contributed by atoms with van der Waals surface area (Å²) in [4.78, 5) is 0. The van der Waals surface area contributed by atoms with Gasteiger partial charge in [-0.1, -0.05) is 35.3 Å². The molecule has 1 atom stereocenters. The van der Waals surface area contributed by atoms with Crippen LogP contribution >= 0.6 is 23.2 Å². The number of rotatable bonds is 4. The summed E-state index contributed by atoms with van der Waals surface area (Å²) in [6.45, 7) is 0. The number of ether oxygens (including phenoxy) is 1. The monoisotopic (exact) mass is 306 g/mol. The minimum absolute atomic E-state index is 0.471. The third-order valence-electron chi connectivity index (χ3n) is 2.77. The maximum Gasteiger partial charge on any atom is 0.140 e. The van der Waals surface area contributed by atoms with Crippen molar-refractivity contribution in [3.8, 4) is 11.8 Å². The molecule has 102 valence electrons. The topological polar surface area (TPSA) is 45.0 Å². The van der Waals surface area contributed by atoms with Gasteiger partial charge in [0.05, 0.1) is 18.2 Å². The van der Waals surface area contributed by atoms with Crippen LogP contribution in [-0.4, -0.2) is 7.11 Å². The standard InChI is InChI=1S/C15H12Cl2N2O/c1-20-15-6-5-10(7-13(15)17)14(9-18)19-12-4-2-3-11(16)8-12/h2-8,14,19H,1H3. The summed E-state index contributed by atoms with van der Waals surface area (Å²) in [5.41, 5.74) is 1.54. The highest BCUT2D eigenvalue weighted by molar-refractivity contribution is 6.32. The Kier molecular flexibility index (Phi) is 4.73. The van der Waals surface area contributed by atoms with E-state index in [1.54, 1.807) is 37.4 Å². The quantitative estimate of drug-likeness (QED) is 0.892. The van der Waals surface area contributed by atoms with E-state index < -0.39 is 6.04 Å². The van der Waals surface area contributed by atoms with Gasteiger partial charge < -0.3 is 10.1 Å². The number of hydrogen-bond acceptors (Lipinski definition) is 3. The van der Waals surface area contributed by atoms with Gasteiger partial charge in [-0.05, 0) is 35.9 Å². The zero-order valence-electron chi connectivity index (χ0n) is 10.7. The fourth-order valence-corrected chi connectivity index (χ4v) is 2.25. The maximum absolute atomic E-state index is 9.31. The molecule has 20 heavy (non-hydrogen) atoms. The van der Waals surface area contributed by atoms with Gasteiger partial charge in [0.25, 0.3) is 0 Å². The summed E-state index contributed by atoms with van der Waals surface area (Å²) in [7, 11) is 1.55. The Hall–Kier alpha value is -1.89. The van der Waals surface area contributed by atoms with E-state index in [-0.39, 0.29) is 0 Å². The van der Waals surface area contributed by atoms with Crippen LogP contribution in [0.25, 0.3) is 0 Å². The molecular weight excluding hydrogens is 295 g/mol. The molecule has 0 amide bonds. The van der Waals surface area contributed by atoms with Crippen molar-refractivity contribution in [2.45, 2.75) is 6.04 Å². The van der Waals surface area contributed by atoms with E-state index >= 15 is 0 Å². The van der Waals surface area contributed by atoms with E-state index in [1.165, 1.54) is 0 Å². The lowest BCUT2D eigenvalue weighted by molar-refractivity contribution is 0.415. The van der Waals surface area contributed by atoms with Crippen LogP contribution in [0, 0.1) is 11.3 Å². The number of methoxy groups -OCH3 is 1. The highest BCUT2D eigenvalue weighted by Crippen LogP contribution is 2.29. The van der Waals surface area contributed by atoms with Gasteiger partial charge in [0.15, 0.2) is 0 Å². The fourth-order valence-electron chi connectivity index (χ4n) is 1.80. The molecule has 0 aliphatic carbocycles. The summed E-state index contributed by atoms with van der Waals surface area (Å²) in [6.07, 6.45) is 0. The molecular formula is C15H12Cl2N2O. The third kappa shape index (κ3) is 3.36. The van der Waals surface area contributed by atoms with Gasteiger partial charge in [0.2, 0.25) is 0 Å². The predicted octanol–water partition coefficient (Wildman–Crippen LogP) is 4.68. The Balaban J connectivity index is 2.25. The van der Waals surface area contributed by atoms with E-state index in [2.05, 4.69) is 11.4 Å². The van der Waals surface area contributed by atoms with Crippen LogP contribution in [-0.2, 0) is 0 Å². The van der Waals surface area contributed by atoms with Crippen LogP contribution in [0.15, 0.2) is 42.5 Å². The van der Waals surface area contributed by atoms with Crippen molar-refractivity contribution in [2.75, 3.05) is 12.4 Å². The SMILES string of the molecule is COc1ccc(C(C#N)Nc2cccc(Cl)c2)cc1Cl. The molecule has 0 aromatic heterocycles. The molecule has 0 spiro atoms. The Labute approximate surface area is 127 Å². The van der Waals surface area contributed by atoms with Crippen LogP contribution in [0.4, 0.5) is 5.69 Å². The number of nitrogens with one attached hydrogen (secondary N) is 1. The molecule has 1 N–H and O–H groups in total. The van der Waals surface area contributed by atoms with Gasteiger partial charge in [-0.2, -0.15) is 5.26 Å². The summed E-state index contributed by atoms with van der Waals surface area (Å²) in [5.74, 6) is 0.579. The van der Waals surface area contributed by atoms with Gasteiger partial charge in [-0.25, -0.2) is 0 Å². The fraction of sp³-hybridized carbons (Fsp3) is 0.133. The minimum Gasteiger partial charge on any atom is -0.495 e. The molecule has 5 heteroatoms. The van der Waals surface area contributed by atoms with Gasteiger partial charge in [0.1, 0.15) is 11.8 Å². The molecule has 2 aromatic rings. The molecule has 0 saturated carbocycles. The van der Waals surface area contributed by atoms with E-state index in [9.17, 15) is 5.26 Å². The molecule has 2 aromatic carbocycles. The molecule has 0 aliphatic rings. The summed E-state index contributed by atoms with van der Waals surface area (Å²) >= 11 is 12.0. The van der Waals surface area contributed by atoms with Crippen molar-refractivity contribution in [3.63, 3.8) is 0 Å². The number of anilines is 1. The van der Waals surface area contributed by atoms with E-state index in [0.29, 0.717) is 15.8 Å². The van der Waals surface area contributed by atoms with E-state index in [0.717, 1.165) is 11.3 Å². The molecule has 1 unspecified atom stereocenters. The molecule has 0 fully saturated rings.